The van der Waals surface area contributed by atoms with Crippen LogP contribution in [0.2, 0.25) is 0 Å². The van der Waals surface area contributed by atoms with Gasteiger partial charge in [0.05, 0.1) is 23.4 Å². The number of halogens is 1. The van der Waals surface area contributed by atoms with Crippen molar-refractivity contribution in [3.05, 3.63) is 83.1 Å². The third-order valence-electron chi connectivity index (χ3n) is 5.00. The molecule has 7 nitrogen and oxygen atoms in total. The largest absolute Gasteiger partial charge is 0.360 e. The van der Waals surface area contributed by atoms with Crippen molar-refractivity contribution < 1.29 is 14.0 Å². The molecular formula is C22H20FN5O2. The molecule has 3 N–H and O–H groups in total. The number of hydrazine groups is 1. The van der Waals surface area contributed by atoms with Crippen LogP contribution >= 0.6 is 0 Å². The number of fused-ring (bicyclic) bond motifs is 1. The lowest BCUT2D eigenvalue weighted by molar-refractivity contribution is -0.121. The molecular weight excluding hydrogens is 385 g/mol. The van der Waals surface area contributed by atoms with Crippen LogP contribution in [-0.4, -0.2) is 26.6 Å². The number of H-pyrrole nitrogens is 1. The van der Waals surface area contributed by atoms with Crippen LogP contribution in [0.3, 0.4) is 0 Å². The molecule has 0 saturated heterocycles. The average Bonchev–Trinajstić information content (AvgIpc) is 3.29. The number of para-hydroxylation sites is 1. The van der Waals surface area contributed by atoms with Gasteiger partial charge >= 0.3 is 0 Å². The highest BCUT2D eigenvalue weighted by Gasteiger charge is 2.17. The summed E-state index contributed by atoms with van der Waals surface area (Å²) in [7, 11) is 0. The molecule has 0 spiro atoms. The maximum absolute atomic E-state index is 13.2. The Kier molecular flexibility index (Phi) is 5.05. The molecule has 0 bridgehead atoms. The van der Waals surface area contributed by atoms with Crippen LogP contribution < -0.4 is 10.9 Å². The minimum Gasteiger partial charge on any atom is -0.360 e. The van der Waals surface area contributed by atoms with E-state index in [9.17, 15) is 14.0 Å². The maximum atomic E-state index is 13.2. The van der Waals surface area contributed by atoms with Crippen molar-refractivity contribution in [2.45, 2.75) is 20.3 Å². The Morgan fingerprint density at radius 2 is 1.80 bits per heavy atom. The molecule has 0 radical (unpaired) electrons. The van der Waals surface area contributed by atoms with Gasteiger partial charge in [-0.1, -0.05) is 18.2 Å². The van der Waals surface area contributed by atoms with Gasteiger partial charge in [-0.2, -0.15) is 5.10 Å². The monoisotopic (exact) mass is 405 g/mol. The number of amides is 2. The van der Waals surface area contributed by atoms with Crippen LogP contribution in [0.15, 0.2) is 54.7 Å². The standard InChI is InChI=1S/C22H20FN5O2/c1-13-18(14(2)28(27-13)16-9-7-15(23)8-10-16)11-21(29)25-26-22(30)19-12-24-20-6-4-3-5-17(19)20/h3-10,12,24H,11H2,1-2H3,(H,25,29)(H,26,30). The molecule has 2 heterocycles. The fraction of sp³-hybridized carbons (Fsp3) is 0.136. The van der Waals surface area contributed by atoms with Crippen LogP contribution in [0.1, 0.15) is 27.3 Å². The molecule has 8 heteroatoms. The quantitative estimate of drug-likeness (QED) is 0.456. The lowest BCUT2D eigenvalue weighted by Crippen LogP contribution is -2.42. The molecule has 0 fully saturated rings. The summed E-state index contributed by atoms with van der Waals surface area (Å²) >= 11 is 0. The first-order valence-corrected chi connectivity index (χ1v) is 9.40. The van der Waals surface area contributed by atoms with Crippen molar-refractivity contribution in [2.75, 3.05) is 0 Å². The highest BCUT2D eigenvalue weighted by atomic mass is 19.1. The first kappa shape index (κ1) is 19.4. The second-order valence-corrected chi connectivity index (χ2v) is 6.96. The van der Waals surface area contributed by atoms with E-state index in [2.05, 4.69) is 20.9 Å². The van der Waals surface area contributed by atoms with E-state index in [1.807, 2.05) is 31.2 Å². The van der Waals surface area contributed by atoms with Crippen LogP contribution in [0.4, 0.5) is 4.39 Å². The van der Waals surface area contributed by atoms with Gasteiger partial charge in [-0.25, -0.2) is 9.07 Å². The summed E-state index contributed by atoms with van der Waals surface area (Å²) in [4.78, 5) is 27.9. The normalized spacial score (nSPS) is 10.9. The highest BCUT2D eigenvalue weighted by Crippen LogP contribution is 2.19. The Labute approximate surface area is 171 Å². The Morgan fingerprint density at radius 3 is 2.57 bits per heavy atom. The van der Waals surface area contributed by atoms with E-state index in [1.165, 1.54) is 12.1 Å². The minimum atomic E-state index is -0.406. The molecule has 0 aliphatic heterocycles. The number of nitrogens with one attached hydrogen (secondary N) is 3. The van der Waals surface area contributed by atoms with E-state index >= 15 is 0 Å². The third kappa shape index (κ3) is 3.67. The zero-order valence-electron chi connectivity index (χ0n) is 16.5. The van der Waals surface area contributed by atoms with Gasteiger partial charge < -0.3 is 4.98 Å². The molecule has 4 rings (SSSR count). The molecule has 4 aromatic rings. The van der Waals surface area contributed by atoms with Gasteiger partial charge in [0.1, 0.15) is 5.82 Å². The molecule has 0 aliphatic rings. The number of hydrogen-bond donors (Lipinski definition) is 3. The second-order valence-electron chi connectivity index (χ2n) is 6.96. The van der Waals surface area contributed by atoms with Gasteiger partial charge in [0.2, 0.25) is 5.91 Å². The predicted molar refractivity (Wildman–Crippen MR) is 111 cm³/mol. The van der Waals surface area contributed by atoms with E-state index in [0.717, 1.165) is 22.2 Å². The Morgan fingerprint density at radius 1 is 1.07 bits per heavy atom. The van der Waals surface area contributed by atoms with Crippen LogP contribution in [0.25, 0.3) is 16.6 Å². The van der Waals surface area contributed by atoms with Gasteiger partial charge in [-0.15, -0.1) is 0 Å². The van der Waals surface area contributed by atoms with Crippen molar-refractivity contribution >= 4 is 22.7 Å². The fourth-order valence-electron chi connectivity index (χ4n) is 3.42. The number of carbonyl (C=O) groups is 2. The number of nitrogens with zero attached hydrogens (tertiary/aromatic N) is 2. The third-order valence-corrected chi connectivity index (χ3v) is 5.00. The number of aromatic nitrogens is 3. The Hall–Kier alpha value is -3.94. The molecule has 2 aromatic carbocycles. The van der Waals surface area contributed by atoms with E-state index in [4.69, 9.17) is 0 Å². The molecule has 0 saturated carbocycles. The van der Waals surface area contributed by atoms with E-state index in [1.54, 1.807) is 29.9 Å². The number of benzene rings is 2. The number of hydrogen-bond acceptors (Lipinski definition) is 3. The second kappa shape index (κ2) is 7.82. The van der Waals surface area contributed by atoms with Gasteiger partial charge in [0.15, 0.2) is 0 Å². The van der Waals surface area contributed by atoms with Crippen LogP contribution in [0.5, 0.6) is 0 Å². The highest BCUT2D eigenvalue weighted by molar-refractivity contribution is 6.07. The van der Waals surface area contributed by atoms with Crippen LogP contribution in [-0.2, 0) is 11.2 Å². The SMILES string of the molecule is Cc1nn(-c2ccc(F)cc2)c(C)c1CC(=O)NNC(=O)c1c[nH]c2ccccc12. The van der Waals surface area contributed by atoms with Gasteiger partial charge in [0.25, 0.3) is 5.91 Å². The number of aryl methyl sites for hydroxylation is 1. The van der Waals surface area contributed by atoms with Crippen molar-refractivity contribution in [3.8, 4) is 5.69 Å². The lowest BCUT2D eigenvalue weighted by atomic mass is 10.1. The topological polar surface area (TPSA) is 91.8 Å². The van der Waals surface area contributed by atoms with E-state index in [-0.39, 0.29) is 18.1 Å². The molecule has 2 amide bonds. The van der Waals surface area contributed by atoms with E-state index in [0.29, 0.717) is 16.9 Å². The summed E-state index contributed by atoms with van der Waals surface area (Å²) in [5.41, 5.74) is 9.12. The molecule has 152 valence electrons. The van der Waals surface area contributed by atoms with Gasteiger partial charge in [-0.05, 0) is 44.2 Å². The molecule has 30 heavy (non-hydrogen) atoms. The summed E-state index contributed by atoms with van der Waals surface area (Å²) in [6.07, 6.45) is 1.65. The number of rotatable bonds is 4. The maximum Gasteiger partial charge on any atom is 0.271 e. The zero-order chi connectivity index (χ0) is 21.3. The minimum absolute atomic E-state index is 0.0486. The molecule has 0 atom stereocenters. The summed E-state index contributed by atoms with van der Waals surface area (Å²) in [5, 5.41) is 5.23. The van der Waals surface area contributed by atoms with Gasteiger partial charge in [-0.3, -0.25) is 20.4 Å². The smallest absolute Gasteiger partial charge is 0.271 e. The van der Waals surface area contributed by atoms with Gasteiger partial charge in [0, 0.05) is 28.4 Å². The van der Waals surface area contributed by atoms with Crippen molar-refractivity contribution in [1.29, 1.82) is 0 Å². The summed E-state index contributed by atoms with van der Waals surface area (Å²) in [5.74, 6) is -1.10. The first-order chi connectivity index (χ1) is 14.4. The van der Waals surface area contributed by atoms with Crippen molar-refractivity contribution in [1.82, 2.24) is 25.6 Å². The summed E-state index contributed by atoms with van der Waals surface area (Å²) in [6.45, 7) is 3.65. The molecule has 2 aromatic heterocycles. The first-order valence-electron chi connectivity index (χ1n) is 9.40. The summed E-state index contributed by atoms with van der Waals surface area (Å²) in [6, 6.07) is 13.4. The zero-order valence-corrected chi connectivity index (χ0v) is 16.5. The Bertz CT molecular complexity index is 1240. The molecule has 0 aliphatic carbocycles. The van der Waals surface area contributed by atoms with E-state index < -0.39 is 5.91 Å². The lowest BCUT2D eigenvalue weighted by Gasteiger charge is -2.08. The van der Waals surface area contributed by atoms with Crippen molar-refractivity contribution in [3.63, 3.8) is 0 Å². The summed E-state index contributed by atoms with van der Waals surface area (Å²) < 4.78 is 14.8. The van der Waals surface area contributed by atoms with Crippen molar-refractivity contribution in [2.24, 2.45) is 0 Å². The predicted octanol–water partition coefficient (Wildman–Crippen LogP) is 3.11. The fourth-order valence-corrected chi connectivity index (χ4v) is 3.42. The number of carbonyl (C=O) groups excluding carboxylic acids is 2. The van der Waals surface area contributed by atoms with Crippen LogP contribution in [0, 0.1) is 19.7 Å². The molecule has 0 unspecified atom stereocenters. The number of aromatic amines is 1. The average molecular weight is 405 g/mol. The Balaban J connectivity index is 1.44.